The Morgan fingerprint density at radius 2 is 1.83 bits per heavy atom. The summed E-state index contributed by atoms with van der Waals surface area (Å²) in [6, 6.07) is 14.9. The first-order valence-corrected chi connectivity index (χ1v) is 17.0. The second-order valence-corrected chi connectivity index (χ2v) is 13.8. The Labute approximate surface area is 276 Å². The van der Waals surface area contributed by atoms with Gasteiger partial charge < -0.3 is 19.7 Å². The van der Waals surface area contributed by atoms with Crippen molar-refractivity contribution in [2.75, 3.05) is 26.3 Å². The van der Waals surface area contributed by atoms with E-state index in [0.29, 0.717) is 48.0 Å². The van der Waals surface area contributed by atoms with E-state index in [9.17, 15) is 9.59 Å². The highest BCUT2D eigenvalue weighted by molar-refractivity contribution is 5.95. The van der Waals surface area contributed by atoms with E-state index >= 15 is 4.39 Å². The molecule has 0 spiro atoms. The van der Waals surface area contributed by atoms with Crippen LogP contribution in [-0.2, 0) is 16.1 Å². The molecule has 3 atom stereocenters. The third kappa shape index (κ3) is 7.81. The molecule has 0 saturated carbocycles. The zero-order valence-corrected chi connectivity index (χ0v) is 27.9. The van der Waals surface area contributed by atoms with Crippen LogP contribution in [0.2, 0.25) is 0 Å². The van der Waals surface area contributed by atoms with Crippen LogP contribution >= 0.6 is 0 Å². The first-order valence-electron chi connectivity index (χ1n) is 17.0. The highest BCUT2D eigenvalue weighted by atomic mass is 19.1. The lowest BCUT2D eigenvalue weighted by Crippen LogP contribution is -2.53. The first kappa shape index (κ1) is 33.0. The molecule has 2 aromatic carbocycles. The number of hydrogen-bond acceptors (Lipinski definition) is 7. The fraction of sp³-hybridized carbons (Fsp3) is 0.514. The fourth-order valence-electron chi connectivity index (χ4n) is 7.08. The zero-order valence-electron chi connectivity index (χ0n) is 27.9. The van der Waals surface area contributed by atoms with Crippen molar-refractivity contribution in [1.29, 1.82) is 0 Å². The zero-order chi connectivity index (χ0) is 33.1. The molecule has 3 aliphatic rings. The Bertz CT molecular complexity index is 1560. The van der Waals surface area contributed by atoms with Gasteiger partial charge in [0.15, 0.2) is 0 Å². The van der Waals surface area contributed by atoms with E-state index in [1.165, 1.54) is 12.1 Å². The summed E-state index contributed by atoms with van der Waals surface area (Å²) in [6.07, 6.45) is 4.14. The predicted octanol–water partition coefficient (Wildman–Crippen LogP) is 6.33. The highest BCUT2D eigenvalue weighted by Gasteiger charge is 2.33. The molecule has 4 heterocycles. The van der Waals surface area contributed by atoms with Crippen LogP contribution < -0.4 is 10.1 Å². The Morgan fingerprint density at radius 3 is 2.47 bits per heavy atom. The summed E-state index contributed by atoms with van der Waals surface area (Å²) in [7, 11) is 0. The second kappa shape index (κ2) is 14.5. The van der Waals surface area contributed by atoms with Crippen molar-refractivity contribution in [3.8, 4) is 22.8 Å². The Hall–Kier alpha value is -3.89. The van der Waals surface area contributed by atoms with Gasteiger partial charge in [0, 0.05) is 68.5 Å². The van der Waals surface area contributed by atoms with Crippen LogP contribution in [0, 0.1) is 11.7 Å². The molecule has 47 heavy (non-hydrogen) atoms. The number of aromatic nitrogens is 2. The van der Waals surface area contributed by atoms with Crippen LogP contribution in [0.5, 0.6) is 11.5 Å². The Kier molecular flexibility index (Phi) is 10.2. The molecule has 3 saturated heterocycles. The number of ether oxygens (including phenoxy) is 2. The molecule has 3 aromatic rings. The van der Waals surface area contributed by atoms with Crippen LogP contribution in [0.25, 0.3) is 11.3 Å². The van der Waals surface area contributed by atoms with Gasteiger partial charge in [-0.15, -0.1) is 0 Å². The second-order valence-electron chi connectivity index (χ2n) is 13.8. The van der Waals surface area contributed by atoms with Gasteiger partial charge >= 0.3 is 0 Å². The van der Waals surface area contributed by atoms with E-state index in [2.05, 4.69) is 41.2 Å². The quantitative estimate of drug-likeness (QED) is 0.291. The first-order chi connectivity index (χ1) is 22.6. The van der Waals surface area contributed by atoms with Crippen molar-refractivity contribution in [3.63, 3.8) is 0 Å². The summed E-state index contributed by atoms with van der Waals surface area (Å²) < 4.78 is 27.5. The van der Waals surface area contributed by atoms with E-state index in [1.54, 1.807) is 4.90 Å². The smallest absolute Gasteiger partial charge is 0.254 e. The molecule has 0 bridgehead atoms. The molecular weight excluding hydrogens is 597 g/mol. The average molecular weight is 644 g/mol. The predicted molar refractivity (Wildman–Crippen MR) is 178 cm³/mol. The molecule has 0 radical (unpaired) electrons. The lowest BCUT2D eigenvalue weighted by atomic mass is 9.94. The number of carbonyl (C=O) groups excluding carboxylic acids is 2. The van der Waals surface area contributed by atoms with Gasteiger partial charge in [-0.3, -0.25) is 14.5 Å². The maximum atomic E-state index is 15.7. The summed E-state index contributed by atoms with van der Waals surface area (Å²) in [5.74, 6) is 0.335. The van der Waals surface area contributed by atoms with Gasteiger partial charge in [0.1, 0.15) is 17.3 Å². The van der Waals surface area contributed by atoms with Gasteiger partial charge in [-0.1, -0.05) is 20.8 Å². The van der Waals surface area contributed by atoms with Gasteiger partial charge in [-0.05, 0) is 93.0 Å². The number of hydrogen-bond donors (Lipinski definition) is 1. The highest BCUT2D eigenvalue weighted by Crippen LogP contribution is 2.33. The van der Waals surface area contributed by atoms with Crippen LogP contribution in [-0.4, -0.2) is 76.2 Å². The minimum absolute atomic E-state index is 0.0286. The van der Waals surface area contributed by atoms with Gasteiger partial charge in [0.25, 0.3) is 5.91 Å². The molecule has 9 nitrogen and oxygen atoms in total. The number of halogens is 1. The minimum atomic E-state index is -0.629. The molecule has 1 aromatic heterocycles. The Balaban J connectivity index is 1.19. The number of piperidine rings is 1. The van der Waals surface area contributed by atoms with Gasteiger partial charge in [-0.2, -0.15) is 10.2 Å². The number of amides is 2. The van der Waals surface area contributed by atoms with Gasteiger partial charge in [0.05, 0.1) is 17.0 Å². The largest absolute Gasteiger partial charge is 0.457 e. The van der Waals surface area contributed by atoms with Crippen molar-refractivity contribution >= 4 is 11.8 Å². The number of nitrogens with one attached hydrogen (secondary N) is 1. The van der Waals surface area contributed by atoms with E-state index in [1.807, 2.05) is 43.3 Å². The number of likely N-dealkylation sites (tertiary alicyclic amines) is 2. The summed E-state index contributed by atoms with van der Waals surface area (Å²) in [4.78, 5) is 30.4. The number of rotatable bonds is 9. The molecular formula is C37H46FN5O4. The van der Waals surface area contributed by atoms with E-state index < -0.39 is 11.7 Å². The summed E-state index contributed by atoms with van der Waals surface area (Å²) in [5.41, 5.74) is 3.00. The third-order valence-corrected chi connectivity index (χ3v) is 9.74. The fourth-order valence-corrected chi connectivity index (χ4v) is 7.08. The molecule has 2 amide bonds. The van der Waals surface area contributed by atoms with Gasteiger partial charge in [0.2, 0.25) is 5.91 Å². The lowest BCUT2D eigenvalue weighted by molar-refractivity contribution is -0.128. The van der Waals surface area contributed by atoms with E-state index in [-0.39, 0.29) is 30.0 Å². The van der Waals surface area contributed by atoms with Crippen molar-refractivity contribution in [2.45, 2.75) is 90.4 Å². The van der Waals surface area contributed by atoms with Crippen molar-refractivity contribution < 1.29 is 23.5 Å². The van der Waals surface area contributed by atoms with Crippen LogP contribution in [0.15, 0.2) is 48.5 Å². The van der Waals surface area contributed by atoms with Gasteiger partial charge in [-0.25, -0.2) is 4.39 Å². The third-order valence-electron chi connectivity index (χ3n) is 9.74. The Morgan fingerprint density at radius 1 is 1.06 bits per heavy atom. The van der Waals surface area contributed by atoms with Crippen LogP contribution in [0.4, 0.5) is 4.39 Å². The number of benzene rings is 2. The van der Waals surface area contributed by atoms with E-state index in [0.717, 1.165) is 62.4 Å². The van der Waals surface area contributed by atoms with Crippen molar-refractivity contribution in [3.05, 3.63) is 71.2 Å². The number of nitrogens with zero attached hydrogens (tertiary/aromatic N) is 4. The maximum Gasteiger partial charge on any atom is 0.254 e. The SMILES string of the molecule is CC1CC(=O)N(Cc2cc(F)c(C(=O)NC3CCN(C4CCOCC4)C(C)C3)cc2Oc2ccc(-c3ccc(C(C)C)nn3)cc2)C1. The normalized spacial score (nSPS) is 22.6. The molecule has 1 N–H and O–H groups in total. The van der Waals surface area contributed by atoms with Crippen molar-refractivity contribution in [2.24, 2.45) is 5.92 Å². The minimum Gasteiger partial charge on any atom is -0.457 e. The topological polar surface area (TPSA) is 96.9 Å². The van der Waals surface area contributed by atoms with Crippen LogP contribution in [0.3, 0.4) is 0 Å². The maximum absolute atomic E-state index is 15.7. The summed E-state index contributed by atoms with van der Waals surface area (Å²) in [6.45, 7) is 11.7. The summed E-state index contributed by atoms with van der Waals surface area (Å²) in [5, 5.41) is 11.8. The molecule has 3 fully saturated rings. The standard InChI is InChI=1S/C37H46FN5O4/c1-23(2)33-9-10-34(41-40-33)26-5-7-30(8-6-26)47-35-20-31(32(38)19-27(35)22-42-21-24(3)17-36(42)44)37(45)39-28-11-14-43(25(4)18-28)29-12-15-46-16-13-29/h5-10,19-20,23-25,28-29H,11-18,21-22H2,1-4H3,(H,39,45). The number of carbonyl (C=O) groups is 2. The molecule has 6 rings (SSSR count). The monoisotopic (exact) mass is 643 g/mol. The lowest BCUT2D eigenvalue weighted by Gasteiger charge is -2.43. The molecule has 250 valence electrons. The molecule has 10 heteroatoms. The summed E-state index contributed by atoms with van der Waals surface area (Å²) >= 11 is 0. The molecule has 3 unspecified atom stereocenters. The molecule has 3 aliphatic heterocycles. The van der Waals surface area contributed by atoms with E-state index in [4.69, 9.17) is 9.47 Å². The van der Waals surface area contributed by atoms with Crippen LogP contribution in [0.1, 0.15) is 87.3 Å². The average Bonchev–Trinajstić information content (AvgIpc) is 3.38. The molecule has 0 aliphatic carbocycles. The van der Waals surface area contributed by atoms with Crippen molar-refractivity contribution in [1.82, 2.24) is 25.3 Å².